The molecule has 0 spiro atoms. The summed E-state index contributed by atoms with van der Waals surface area (Å²) >= 11 is 0. The first-order valence-electron chi connectivity index (χ1n) is 9.06. The number of benzene rings is 1. The molecule has 2 heterocycles. The second kappa shape index (κ2) is 7.43. The number of nitrogens with one attached hydrogen (secondary N) is 1. The largest absolute Gasteiger partial charge is 0.335 e. The number of piperazine rings is 1. The van der Waals surface area contributed by atoms with E-state index in [4.69, 9.17) is 0 Å². The van der Waals surface area contributed by atoms with Crippen LogP contribution in [0.1, 0.15) is 24.0 Å². The number of rotatable bonds is 4. The van der Waals surface area contributed by atoms with Gasteiger partial charge in [-0.3, -0.25) is 4.79 Å². The summed E-state index contributed by atoms with van der Waals surface area (Å²) in [6.07, 6.45) is 2.40. The van der Waals surface area contributed by atoms with Crippen molar-refractivity contribution in [2.45, 2.75) is 31.6 Å². The highest BCUT2D eigenvalue weighted by atomic mass is 32.2. The number of nitrogens with zero attached hydrogens (tertiary/aromatic N) is 2. The molecule has 2 saturated heterocycles. The topological polar surface area (TPSA) is 62.1 Å². The Labute approximate surface area is 150 Å². The van der Waals surface area contributed by atoms with Crippen LogP contribution >= 0.6 is 0 Å². The Bertz CT molecular complexity index is 734. The molecule has 7 heteroatoms. The summed E-state index contributed by atoms with van der Waals surface area (Å²) in [5.74, 6) is 0.153. The molecule has 1 N–H and O–H groups in total. The van der Waals surface area contributed by atoms with Gasteiger partial charge in [0.2, 0.25) is 10.0 Å². The molecule has 1 amide bonds. The highest BCUT2D eigenvalue weighted by Gasteiger charge is 2.32. The van der Waals surface area contributed by atoms with Crippen molar-refractivity contribution < 1.29 is 18.1 Å². The summed E-state index contributed by atoms with van der Waals surface area (Å²) in [4.78, 5) is 16.0. The molecule has 2 aliphatic rings. The number of hydrogen-bond acceptors (Lipinski definition) is 3. The zero-order valence-corrected chi connectivity index (χ0v) is 15.9. The van der Waals surface area contributed by atoms with Crippen LogP contribution in [0, 0.1) is 13.8 Å². The quantitative estimate of drug-likeness (QED) is 0.804. The molecule has 25 heavy (non-hydrogen) atoms. The van der Waals surface area contributed by atoms with Gasteiger partial charge in [0.1, 0.15) is 0 Å². The molecule has 2 fully saturated rings. The number of carbonyl (C=O) groups excluding carboxylic acids is 1. The van der Waals surface area contributed by atoms with E-state index in [1.165, 1.54) is 22.0 Å². The summed E-state index contributed by atoms with van der Waals surface area (Å²) in [7, 11) is -3.50. The Hall–Kier alpha value is -1.44. The van der Waals surface area contributed by atoms with Crippen molar-refractivity contribution in [1.29, 1.82) is 0 Å². The Morgan fingerprint density at radius 3 is 2.36 bits per heavy atom. The molecule has 0 atom stereocenters. The molecule has 6 nitrogen and oxygen atoms in total. The van der Waals surface area contributed by atoms with E-state index in [1.807, 2.05) is 30.9 Å². The van der Waals surface area contributed by atoms with E-state index in [1.54, 1.807) is 6.07 Å². The lowest BCUT2D eigenvalue weighted by Crippen LogP contribution is -3.11. The minimum atomic E-state index is -3.50. The van der Waals surface area contributed by atoms with Gasteiger partial charge in [0.25, 0.3) is 5.91 Å². The molecule has 0 radical (unpaired) electrons. The standard InChI is InChI=1S/C18H27N3O3S/c1-15-5-6-16(2)17(13-15)25(23,24)21-11-9-20(10-12-21)18(22)14-19-7-3-4-8-19/h5-6,13H,3-4,7-12,14H2,1-2H3/p+1. The summed E-state index contributed by atoms with van der Waals surface area (Å²) in [6, 6.07) is 5.51. The molecule has 1 aromatic rings. The number of likely N-dealkylation sites (tertiary alicyclic amines) is 1. The molecule has 138 valence electrons. The second-order valence-corrected chi connectivity index (χ2v) is 9.09. The minimum absolute atomic E-state index is 0.153. The molecule has 0 aliphatic carbocycles. The predicted octanol–water partition coefficient (Wildman–Crippen LogP) is -0.185. The number of aryl methyl sites for hydroxylation is 2. The van der Waals surface area contributed by atoms with Gasteiger partial charge in [-0.2, -0.15) is 4.31 Å². The first kappa shape index (κ1) is 18.4. The fraction of sp³-hybridized carbons (Fsp3) is 0.611. The van der Waals surface area contributed by atoms with E-state index in [-0.39, 0.29) is 5.91 Å². The van der Waals surface area contributed by atoms with Crippen LogP contribution < -0.4 is 4.90 Å². The third-order valence-corrected chi connectivity index (χ3v) is 7.31. The number of sulfonamides is 1. The molecule has 1 aromatic carbocycles. The van der Waals surface area contributed by atoms with E-state index in [0.717, 1.165) is 24.2 Å². The summed E-state index contributed by atoms with van der Waals surface area (Å²) in [5, 5.41) is 0. The Morgan fingerprint density at radius 2 is 1.72 bits per heavy atom. The van der Waals surface area contributed by atoms with Crippen molar-refractivity contribution in [3.63, 3.8) is 0 Å². The van der Waals surface area contributed by atoms with Gasteiger partial charge in [-0.15, -0.1) is 0 Å². The number of hydrogen-bond donors (Lipinski definition) is 1. The molecule has 0 bridgehead atoms. The van der Waals surface area contributed by atoms with Crippen LogP contribution in [0.5, 0.6) is 0 Å². The maximum absolute atomic E-state index is 12.9. The van der Waals surface area contributed by atoms with Crippen molar-refractivity contribution in [3.05, 3.63) is 29.3 Å². The predicted molar refractivity (Wildman–Crippen MR) is 96.1 cm³/mol. The molecule has 2 aliphatic heterocycles. The maximum Gasteiger partial charge on any atom is 0.277 e. The van der Waals surface area contributed by atoms with Gasteiger partial charge in [0, 0.05) is 39.0 Å². The first-order valence-corrected chi connectivity index (χ1v) is 10.5. The zero-order valence-electron chi connectivity index (χ0n) is 15.1. The normalized spacial score (nSPS) is 20.2. The second-order valence-electron chi connectivity index (χ2n) is 7.19. The summed E-state index contributed by atoms with van der Waals surface area (Å²) < 4.78 is 27.4. The highest BCUT2D eigenvalue weighted by molar-refractivity contribution is 7.89. The van der Waals surface area contributed by atoms with Crippen LogP contribution in [0.3, 0.4) is 0 Å². The summed E-state index contributed by atoms with van der Waals surface area (Å²) in [5.41, 5.74) is 1.70. The lowest BCUT2D eigenvalue weighted by molar-refractivity contribution is -0.879. The SMILES string of the molecule is Cc1ccc(C)c(S(=O)(=O)N2CCN(C(=O)C[NH+]3CCCC3)CC2)c1. The van der Waals surface area contributed by atoms with Gasteiger partial charge in [-0.05, 0) is 31.0 Å². The minimum Gasteiger partial charge on any atom is -0.335 e. The Morgan fingerprint density at radius 1 is 1.08 bits per heavy atom. The molecular weight excluding hydrogens is 338 g/mol. The van der Waals surface area contributed by atoms with Gasteiger partial charge in [0.05, 0.1) is 18.0 Å². The molecule has 3 rings (SSSR count). The average molecular weight is 367 g/mol. The Kier molecular flexibility index (Phi) is 5.46. The van der Waals surface area contributed by atoms with E-state index >= 15 is 0 Å². The third-order valence-electron chi connectivity index (χ3n) is 5.26. The van der Waals surface area contributed by atoms with Gasteiger partial charge in [-0.1, -0.05) is 12.1 Å². The molecule has 0 unspecified atom stereocenters. The fourth-order valence-electron chi connectivity index (χ4n) is 3.68. The maximum atomic E-state index is 12.9. The zero-order chi connectivity index (χ0) is 18.0. The van der Waals surface area contributed by atoms with Crippen LogP contribution in [0.25, 0.3) is 0 Å². The van der Waals surface area contributed by atoms with Gasteiger partial charge >= 0.3 is 0 Å². The van der Waals surface area contributed by atoms with Gasteiger partial charge < -0.3 is 9.80 Å². The average Bonchev–Trinajstić information content (AvgIpc) is 3.10. The smallest absolute Gasteiger partial charge is 0.277 e. The lowest BCUT2D eigenvalue weighted by atomic mass is 10.2. The van der Waals surface area contributed by atoms with Crippen LogP contribution in [0.15, 0.2) is 23.1 Å². The lowest BCUT2D eigenvalue weighted by Gasteiger charge is -2.34. The summed E-state index contributed by atoms with van der Waals surface area (Å²) in [6.45, 7) is 8.13. The monoisotopic (exact) mass is 366 g/mol. The van der Waals surface area contributed by atoms with Gasteiger partial charge in [-0.25, -0.2) is 8.42 Å². The van der Waals surface area contributed by atoms with Crippen LogP contribution in [-0.2, 0) is 14.8 Å². The van der Waals surface area contributed by atoms with Crippen molar-refractivity contribution in [2.24, 2.45) is 0 Å². The van der Waals surface area contributed by atoms with E-state index in [2.05, 4.69) is 0 Å². The van der Waals surface area contributed by atoms with Crippen molar-refractivity contribution in [2.75, 3.05) is 45.8 Å². The van der Waals surface area contributed by atoms with Crippen molar-refractivity contribution in [3.8, 4) is 0 Å². The van der Waals surface area contributed by atoms with E-state index < -0.39 is 10.0 Å². The number of carbonyl (C=O) groups is 1. The molecule has 0 aromatic heterocycles. The Balaban J connectivity index is 1.63. The van der Waals surface area contributed by atoms with Gasteiger partial charge in [0.15, 0.2) is 6.54 Å². The highest BCUT2D eigenvalue weighted by Crippen LogP contribution is 2.22. The number of amides is 1. The third kappa shape index (κ3) is 4.04. The number of quaternary nitrogens is 1. The van der Waals surface area contributed by atoms with Crippen molar-refractivity contribution in [1.82, 2.24) is 9.21 Å². The molecule has 0 saturated carbocycles. The molecular formula is C18H28N3O3S+. The van der Waals surface area contributed by atoms with E-state index in [0.29, 0.717) is 37.6 Å². The van der Waals surface area contributed by atoms with E-state index in [9.17, 15) is 13.2 Å². The van der Waals surface area contributed by atoms with Crippen LogP contribution in [0.4, 0.5) is 0 Å². The van der Waals surface area contributed by atoms with Crippen LogP contribution in [-0.4, -0.2) is 69.3 Å². The first-order chi connectivity index (χ1) is 11.9. The van der Waals surface area contributed by atoms with Crippen LogP contribution in [0.2, 0.25) is 0 Å². The fourth-order valence-corrected chi connectivity index (χ4v) is 5.41. The van der Waals surface area contributed by atoms with Crippen molar-refractivity contribution >= 4 is 15.9 Å².